The van der Waals surface area contributed by atoms with Gasteiger partial charge in [-0.3, -0.25) is 14.9 Å². The highest BCUT2D eigenvalue weighted by molar-refractivity contribution is 7.99. The molecule has 0 fully saturated rings. The minimum atomic E-state index is -3.54. The number of nitro benzene ring substituents is 1. The molecule has 150 valence electrons. The summed E-state index contributed by atoms with van der Waals surface area (Å²) in [7, 11) is -2.20. The number of hydrogen-bond donors (Lipinski definition) is 1. The normalized spacial score (nSPS) is 11.1. The van der Waals surface area contributed by atoms with Gasteiger partial charge in [-0.2, -0.15) is 0 Å². The molecule has 0 aliphatic rings. The van der Waals surface area contributed by atoms with Crippen molar-refractivity contribution in [1.29, 1.82) is 0 Å². The predicted octanol–water partition coefficient (Wildman–Crippen LogP) is 3.02. The summed E-state index contributed by atoms with van der Waals surface area (Å²) in [6.45, 7) is 0. The van der Waals surface area contributed by atoms with E-state index in [1.807, 2.05) is 0 Å². The number of benzene rings is 2. The maximum absolute atomic E-state index is 13.8. The van der Waals surface area contributed by atoms with E-state index in [1.165, 1.54) is 31.0 Å². The smallest absolute Gasteiger partial charge is 0.311 e. The number of sulfone groups is 1. The summed E-state index contributed by atoms with van der Waals surface area (Å²) in [5, 5.41) is 13.4. The highest BCUT2D eigenvalue weighted by atomic mass is 32.2. The van der Waals surface area contributed by atoms with E-state index in [4.69, 9.17) is 4.74 Å². The van der Waals surface area contributed by atoms with Crippen molar-refractivity contribution in [3.8, 4) is 5.75 Å². The van der Waals surface area contributed by atoms with Gasteiger partial charge < -0.3 is 10.1 Å². The van der Waals surface area contributed by atoms with E-state index in [2.05, 4.69) is 5.32 Å². The molecular weight excluding hydrogens is 411 g/mol. The second-order valence-electron chi connectivity index (χ2n) is 5.72. The van der Waals surface area contributed by atoms with Gasteiger partial charge in [0.25, 0.3) is 0 Å². The Labute approximate surface area is 165 Å². The van der Waals surface area contributed by atoms with E-state index in [0.29, 0.717) is 11.3 Å². The molecule has 1 N–H and O–H groups in total. The summed E-state index contributed by atoms with van der Waals surface area (Å²) >= 11 is 1.17. The Morgan fingerprint density at radius 2 is 2.00 bits per heavy atom. The number of nitrogens with zero attached hydrogens (tertiary/aromatic N) is 1. The van der Waals surface area contributed by atoms with Gasteiger partial charge in [-0.25, -0.2) is 12.8 Å². The number of nitrogens with one attached hydrogen (secondary N) is 1. The molecule has 0 bridgehead atoms. The number of halogens is 1. The van der Waals surface area contributed by atoms with Crippen molar-refractivity contribution in [2.75, 3.05) is 24.4 Å². The Hall–Kier alpha value is -2.66. The van der Waals surface area contributed by atoms with Crippen LogP contribution in [0.3, 0.4) is 0 Å². The second kappa shape index (κ2) is 9.02. The first-order chi connectivity index (χ1) is 13.1. The lowest BCUT2D eigenvalue weighted by Crippen LogP contribution is -2.15. The third-order valence-electron chi connectivity index (χ3n) is 3.58. The maximum Gasteiger partial charge on any atom is 0.311 e. The standard InChI is InChI=1S/C17H17FN2O6S2/c1-26-16-6-3-11(7-15(16)20(22)23)9-27-10-17(21)19-14-8-12(28(2,24)25)4-5-13(14)18/h3-8H,9-10H2,1-2H3,(H,19,21). The molecular formula is C17H17FN2O6S2. The van der Waals surface area contributed by atoms with Gasteiger partial charge in [-0.05, 0) is 29.8 Å². The average Bonchev–Trinajstić information content (AvgIpc) is 2.62. The van der Waals surface area contributed by atoms with Crippen molar-refractivity contribution in [3.05, 3.63) is 57.9 Å². The minimum absolute atomic E-state index is 0.0532. The Morgan fingerprint density at radius 3 is 2.61 bits per heavy atom. The molecule has 0 spiro atoms. The Morgan fingerprint density at radius 1 is 1.29 bits per heavy atom. The van der Waals surface area contributed by atoms with E-state index < -0.39 is 26.5 Å². The van der Waals surface area contributed by atoms with Crippen LogP contribution in [0, 0.1) is 15.9 Å². The molecule has 0 saturated carbocycles. The molecule has 0 heterocycles. The van der Waals surface area contributed by atoms with Crippen molar-refractivity contribution >= 4 is 38.9 Å². The van der Waals surface area contributed by atoms with Gasteiger partial charge in [-0.15, -0.1) is 11.8 Å². The van der Waals surface area contributed by atoms with Crippen LogP contribution in [0.1, 0.15) is 5.56 Å². The van der Waals surface area contributed by atoms with Crippen LogP contribution >= 0.6 is 11.8 Å². The fraction of sp³-hybridized carbons (Fsp3) is 0.235. The fourth-order valence-corrected chi connectivity index (χ4v) is 3.67. The summed E-state index contributed by atoms with van der Waals surface area (Å²) in [5.74, 6) is -0.890. The Balaban J connectivity index is 1.99. The highest BCUT2D eigenvalue weighted by Crippen LogP contribution is 2.29. The van der Waals surface area contributed by atoms with Crippen molar-refractivity contribution in [1.82, 2.24) is 0 Å². The summed E-state index contributed by atoms with van der Waals surface area (Å²) < 4.78 is 41.8. The Bertz CT molecular complexity index is 1010. The number of methoxy groups -OCH3 is 1. The Kier molecular flexibility index (Phi) is 6.97. The van der Waals surface area contributed by atoms with Gasteiger partial charge in [0.1, 0.15) is 5.82 Å². The fourth-order valence-electron chi connectivity index (χ4n) is 2.25. The third-order valence-corrected chi connectivity index (χ3v) is 5.70. The number of carbonyl (C=O) groups is 1. The zero-order valence-electron chi connectivity index (χ0n) is 15.0. The topological polar surface area (TPSA) is 116 Å². The molecule has 1 amide bonds. The van der Waals surface area contributed by atoms with Gasteiger partial charge in [0.05, 0.1) is 28.4 Å². The first-order valence-electron chi connectivity index (χ1n) is 7.80. The molecule has 0 aliphatic carbocycles. The monoisotopic (exact) mass is 428 g/mol. The lowest BCUT2D eigenvalue weighted by molar-refractivity contribution is -0.385. The largest absolute Gasteiger partial charge is 0.490 e. The summed E-state index contributed by atoms with van der Waals surface area (Å²) in [6.07, 6.45) is 0.982. The van der Waals surface area contributed by atoms with Gasteiger partial charge >= 0.3 is 5.69 Å². The van der Waals surface area contributed by atoms with Crippen LogP contribution in [-0.4, -0.2) is 38.4 Å². The van der Waals surface area contributed by atoms with E-state index in [0.717, 1.165) is 24.5 Å². The van der Waals surface area contributed by atoms with Crippen molar-refractivity contribution < 1.29 is 27.3 Å². The minimum Gasteiger partial charge on any atom is -0.490 e. The number of carbonyl (C=O) groups excluding carboxylic acids is 1. The quantitative estimate of drug-likeness (QED) is 0.390. The zero-order valence-corrected chi connectivity index (χ0v) is 16.6. The van der Waals surface area contributed by atoms with Crippen molar-refractivity contribution in [2.45, 2.75) is 10.6 Å². The van der Waals surface area contributed by atoms with Crippen LogP contribution in [0.15, 0.2) is 41.3 Å². The van der Waals surface area contributed by atoms with E-state index >= 15 is 0 Å². The van der Waals surface area contributed by atoms with E-state index in [1.54, 1.807) is 6.07 Å². The number of ether oxygens (including phenoxy) is 1. The average molecular weight is 428 g/mol. The lowest BCUT2D eigenvalue weighted by atomic mass is 10.2. The van der Waals surface area contributed by atoms with E-state index in [9.17, 15) is 27.7 Å². The van der Waals surface area contributed by atoms with Gasteiger partial charge in [0, 0.05) is 18.1 Å². The molecule has 2 aromatic rings. The number of thioether (sulfide) groups is 1. The second-order valence-corrected chi connectivity index (χ2v) is 8.72. The number of nitro groups is 1. The maximum atomic E-state index is 13.8. The van der Waals surface area contributed by atoms with Crippen LogP contribution in [0.5, 0.6) is 5.75 Å². The first kappa shape index (κ1) is 21.6. The third kappa shape index (κ3) is 5.67. The summed E-state index contributed by atoms with van der Waals surface area (Å²) in [4.78, 5) is 22.4. The van der Waals surface area contributed by atoms with Crippen LogP contribution in [0.25, 0.3) is 0 Å². The summed E-state index contributed by atoms with van der Waals surface area (Å²) in [5.41, 5.74) is 0.217. The molecule has 8 nitrogen and oxygen atoms in total. The van der Waals surface area contributed by atoms with Crippen molar-refractivity contribution in [2.24, 2.45) is 0 Å². The molecule has 2 rings (SSSR count). The molecule has 11 heteroatoms. The van der Waals surface area contributed by atoms with Gasteiger partial charge in [0.2, 0.25) is 5.91 Å². The zero-order chi connectivity index (χ0) is 20.9. The number of hydrogen-bond acceptors (Lipinski definition) is 7. The van der Waals surface area contributed by atoms with E-state index in [-0.39, 0.29) is 27.8 Å². The molecule has 2 aromatic carbocycles. The predicted molar refractivity (Wildman–Crippen MR) is 104 cm³/mol. The number of amides is 1. The SMILES string of the molecule is COc1ccc(CSCC(=O)Nc2cc(S(C)(=O)=O)ccc2F)cc1[N+](=O)[O-]. The van der Waals surface area contributed by atoms with Crippen LogP contribution in [0.2, 0.25) is 0 Å². The molecule has 0 aliphatic heterocycles. The molecule has 0 radical (unpaired) electrons. The number of anilines is 1. The lowest BCUT2D eigenvalue weighted by Gasteiger charge is -2.08. The highest BCUT2D eigenvalue weighted by Gasteiger charge is 2.16. The molecule has 0 atom stereocenters. The van der Waals surface area contributed by atoms with Crippen molar-refractivity contribution in [3.63, 3.8) is 0 Å². The first-order valence-corrected chi connectivity index (χ1v) is 10.8. The molecule has 0 unspecified atom stereocenters. The van der Waals surface area contributed by atoms with Gasteiger partial charge in [-0.1, -0.05) is 6.07 Å². The number of rotatable bonds is 8. The molecule has 0 saturated heterocycles. The molecule has 0 aromatic heterocycles. The van der Waals surface area contributed by atoms with Crippen LogP contribution in [-0.2, 0) is 20.4 Å². The molecule has 28 heavy (non-hydrogen) atoms. The van der Waals surface area contributed by atoms with Gasteiger partial charge in [0.15, 0.2) is 15.6 Å². The summed E-state index contributed by atoms with van der Waals surface area (Å²) in [6, 6.07) is 7.62. The van der Waals surface area contributed by atoms with Crippen LogP contribution < -0.4 is 10.1 Å². The van der Waals surface area contributed by atoms with Crippen LogP contribution in [0.4, 0.5) is 15.8 Å².